The van der Waals surface area contributed by atoms with Crippen molar-refractivity contribution < 1.29 is 14.3 Å². The van der Waals surface area contributed by atoms with E-state index in [-0.39, 0.29) is 23.9 Å². The quantitative estimate of drug-likeness (QED) is 0.343. The second-order valence-electron chi connectivity index (χ2n) is 7.39. The highest BCUT2D eigenvalue weighted by atomic mass is 32.2. The van der Waals surface area contributed by atoms with E-state index in [2.05, 4.69) is 17.2 Å². The van der Waals surface area contributed by atoms with Gasteiger partial charge in [-0.3, -0.25) is 19.0 Å². The highest BCUT2D eigenvalue weighted by molar-refractivity contribution is 8.00. The third-order valence-corrected chi connectivity index (χ3v) is 6.20. The maximum atomic E-state index is 13.1. The summed E-state index contributed by atoms with van der Waals surface area (Å²) in [5.41, 5.74) is 1.49. The molecule has 1 aromatic heterocycles. The Hall–Kier alpha value is -3.13. The molecule has 0 radical (unpaired) electrons. The van der Waals surface area contributed by atoms with Gasteiger partial charge in [0.05, 0.1) is 21.8 Å². The van der Waals surface area contributed by atoms with Crippen LogP contribution in [0.5, 0.6) is 5.75 Å². The summed E-state index contributed by atoms with van der Waals surface area (Å²) in [7, 11) is 0. The number of Topliss-reactive ketones (excluding diaryl/α,β-unsaturated/α-hetero) is 1. The van der Waals surface area contributed by atoms with Crippen LogP contribution < -0.4 is 15.6 Å². The summed E-state index contributed by atoms with van der Waals surface area (Å²) in [6.07, 6.45) is 1.79. The fraction of sp³-hybridized carbons (Fsp3) is 0.304. The van der Waals surface area contributed by atoms with Crippen LogP contribution in [0.1, 0.15) is 37.0 Å². The average Bonchev–Trinajstić information content (AvgIpc) is 2.78. The Morgan fingerprint density at radius 1 is 1.26 bits per heavy atom. The second kappa shape index (κ2) is 8.93. The van der Waals surface area contributed by atoms with Crippen molar-refractivity contribution in [1.82, 2.24) is 9.55 Å². The smallest absolute Gasteiger partial charge is 0.262 e. The van der Waals surface area contributed by atoms with Gasteiger partial charge in [-0.1, -0.05) is 37.2 Å². The molecule has 0 spiro atoms. The number of benzene rings is 2. The van der Waals surface area contributed by atoms with Crippen LogP contribution in [0.4, 0.5) is 5.69 Å². The van der Waals surface area contributed by atoms with Gasteiger partial charge in [0.15, 0.2) is 17.5 Å². The molecular formula is C23H23N3O4S. The number of para-hydroxylation sites is 1. The molecule has 1 aliphatic heterocycles. The standard InChI is InChI=1S/C23H23N3O4S/c1-3-4-11-26-22(29)16-7-5-6-8-17(16)25-23(26)31-14(2)21(28)15-9-10-19-18(12-15)24-20(27)13-30-19/h5-10,12,14H,3-4,11,13H2,1-2H3,(H,24,27). The lowest BCUT2D eigenvalue weighted by Gasteiger charge is -2.19. The first-order chi connectivity index (χ1) is 15.0. The molecule has 1 amide bonds. The molecule has 1 N–H and O–H groups in total. The number of hydrogen-bond acceptors (Lipinski definition) is 6. The molecule has 3 aromatic rings. The second-order valence-corrected chi connectivity index (χ2v) is 8.70. The molecule has 0 bridgehead atoms. The van der Waals surface area contributed by atoms with Crippen molar-refractivity contribution in [3.63, 3.8) is 0 Å². The third kappa shape index (κ3) is 4.34. The summed E-state index contributed by atoms with van der Waals surface area (Å²) in [4.78, 5) is 42.4. The van der Waals surface area contributed by atoms with Crippen LogP contribution in [0.2, 0.25) is 0 Å². The van der Waals surface area contributed by atoms with Gasteiger partial charge in [0.2, 0.25) is 0 Å². The highest BCUT2D eigenvalue weighted by Gasteiger charge is 2.23. The van der Waals surface area contributed by atoms with Crippen molar-refractivity contribution in [3.8, 4) is 5.75 Å². The summed E-state index contributed by atoms with van der Waals surface area (Å²) in [5.74, 6) is 0.179. The number of ether oxygens (including phenoxy) is 1. The number of thioether (sulfide) groups is 1. The Labute approximate surface area is 183 Å². The molecule has 2 heterocycles. The van der Waals surface area contributed by atoms with Crippen molar-refractivity contribution in [2.75, 3.05) is 11.9 Å². The highest BCUT2D eigenvalue weighted by Crippen LogP contribution is 2.31. The molecule has 1 aliphatic rings. The molecule has 0 fully saturated rings. The molecule has 160 valence electrons. The number of nitrogens with zero attached hydrogens (tertiary/aromatic N) is 2. The first kappa shape index (κ1) is 21.1. The first-order valence-electron chi connectivity index (χ1n) is 10.2. The van der Waals surface area contributed by atoms with E-state index in [0.717, 1.165) is 12.8 Å². The summed E-state index contributed by atoms with van der Waals surface area (Å²) >= 11 is 1.27. The summed E-state index contributed by atoms with van der Waals surface area (Å²) in [5, 5.41) is 3.36. The Kier molecular flexibility index (Phi) is 6.08. The normalized spacial score (nSPS) is 13.9. The Bertz CT molecular complexity index is 1220. The number of ketones is 1. The van der Waals surface area contributed by atoms with Crippen LogP contribution in [0.15, 0.2) is 52.4 Å². The summed E-state index contributed by atoms with van der Waals surface area (Å²) < 4.78 is 7.03. The van der Waals surface area contributed by atoms with Gasteiger partial charge in [-0.25, -0.2) is 4.98 Å². The number of unbranched alkanes of at least 4 members (excludes halogenated alkanes) is 1. The van der Waals surface area contributed by atoms with Gasteiger partial charge < -0.3 is 10.1 Å². The molecule has 1 atom stereocenters. The van der Waals surface area contributed by atoms with Crippen molar-refractivity contribution >= 4 is 40.0 Å². The Morgan fingerprint density at radius 3 is 2.87 bits per heavy atom. The van der Waals surface area contributed by atoms with Crippen molar-refractivity contribution in [1.29, 1.82) is 0 Å². The number of rotatable bonds is 7. The Morgan fingerprint density at radius 2 is 2.06 bits per heavy atom. The number of fused-ring (bicyclic) bond motifs is 2. The van der Waals surface area contributed by atoms with Gasteiger partial charge in [0, 0.05) is 12.1 Å². The monoisotopic (exact) mass is 437 g/mol. The summed E-state index contributed by atoms with van der Waals surface area (Å²) in [6, 6.07) is 12.3. The lowest BCUT2D eigenvalue weighted by molar-refractivity contribution is -0.118. The predicted octanol–water partition coefficient (Wildman–Crippen LogP) is 3.89. The number of nitrogens with one attached hydrogen (secondary N) is 1. The minimum Gasteiger partial charge on any atom is -0.482 e. The number of anilines is 1. The fourth-order valence-corrected chi connectivity index (χ4v) is 4.45. The van der Waals surface area contributed by atoms with E-state index in [1.807, 2.05) is 18.2 Å². The van der Waals surface area contributed by atoms with Crippen molar-refractivity contribution in [2.45, 2.75) is 43.6 Å². The molecule has 2 aromatic carbocycles. The summed E-state index contributed by atoms with van der Waals surface area (Å²) in [6.45, 7) is 4.39. The van der Waals surface area contributed by atoms with E-state index in [4.69, 9.17) is 4.74 Å². The lowest BCUT2D eigenvalue weighted by atomic mass is 10.1. The molecule has 8 heteroatoms. The van der Waals surface area contributed by atoms with E-state index < -0.39 is 5.25 Å². The van der Waals surface area contributed by atoms with Crippen LogP contribution in [-0.2, 0) is 11.3 Å². The third-order valence-electron chi connectivity index (χ3n) is 5.11. The van der Waals surface area contributed by atoms with Gasteiger partial charge in [0.1, 0.15) is 5.75 Å². The maximum Gasteiger partial charge on any atom is 0.262 e. The molecule has 0 saturated carbocycles. The molecular weight excluding hydrogens is 414 g/mol. The minimum atomic E-state index is -0.473. The van der Waals surface area contributed by atoms with Gasteiger partial charge >= 0.3 is 0 Å². The van der Waals surface area contributed by atoms with Gasteiger partial charge in [-0.2, -0.15) is 0 Å². The molecule has 1 unspecified atom stereocenters. The lowest BCUT2D eigenvalue weighted by Crippen LogP contribution is -2.26. The molecule has 7 nitrogen and oxygen atoms in total. The SMILES string of the molecule is CCCCn1c(SC(C)C(=O)c2ccc3c(c2)NC(=O)CO3)nc2ccccc2c1=O. The molecule has 0 aliphatic carbocycles. The van der Waals surface area contributed by atoms with Gasteiger partial charge in [0.25, 0.3) is 11.5 Å². The van der Waals surface area contributed by atoms with Gasteiger partial charge in [-0.15, -0.1) is 0 Å². The first-order valence-corrected chi connectivity index (χ1v) is 11.1. The van der Waals surface area contributed by atoms with Crippen molar-refractivity contribution in [3.05, 3.63) is 58.4 Å². The van der Waals surface area contributed by atoms with E-state index in [1.54, 1.807) is 35.8 Å². The Balaban J connectivity index is 1.64. The van der Waals surface area contributed by atoms with E-state index in [1.165, 1.54) is 11.8 Å². The maximum absolute atomic E-state index is 13.1. The number of aromatic nitrogens is 2. The zero-order valence-electron chi connectivity index (χ0n) is 17.4. The number of carbonyl (C=O) groups is 2. The van der Waals surface area contributed by atoms with Crippen LogP contribution in [-0.4, -0.2) is 33.1 Å². The zero-order valence-corrected chi connectivity index (χ0v) is 18.2. The zero-order chi connectivity index (χ0) is 22.0. The van der Waals surface area contributed by atoms with Crippen molar-refractivity contribution in [2.24, 2.45) is 0 Å². The van der Waals surface area contributed by atoms with Gasteiger partial charge in [-0.05, 0) is 43.7 Å². The van der Waals surface area contributed by atoms with Crippen LogP contribution in [0, 0.1) is 0 Å². The van der Waals surface area contributed by atoms with E-state index in [9.17, 15) is 14.4 Å². The number of hydrogen-bond donors (Lipinski definition) is 1. The van der Waals surface area contributed by atoms with Crippen LogP contribution in [0.3, 0.4) is 0 Å². The topological polar surface area (TPSA) is 90.3 Å². The van der Waals surface area contributed by atoms with E-state index in [0.29, 0.717) is 39.6 Å². The largest absolute Gasteiger partial charge is 0.482 e. The minimum absolute atomic E-state index is 0.0323. The number of carbonyl (C=O) groups excluding carboxylic acids is 2. The molecule has 31 heavy (non-hydrogen) atoms. The number of amides is 1. The van der Waals surface area contributed by atoms with Crippen LogP contribution in [0.25, 0.3) is 10.9 Å². The molecule has 4 rings (SSSR count). The van der Waals surface area contributed by atoms with E-state index >= 15 is 0 Å². The average molecular weight is 438 g/mol. The predicted molar refractivity (Wildman–Crippen MR) is 121 cm³/mol. The fourth-order valence-electron chi connectivity index (χ4n) is 3.43. The van der Waals surface area contributed by atoms with Crippen LogP contribution >= 0.6 is 11.8 Å². The molecule has 0 saturated heterocycles.